The molecule has 0 spiro atoms. The van der Waals surface area contributed by atoms with Gasteiger partial charge in [0.2, 0.25) is 5.91 Å². The summed E-state index contributed by atoms with van der Waals surface area (Å²) in [5, 5.41) is 9.45. The molecule has 1 saturated heterocycles. The summed E-state index contributed by atoms with van der Waals surface area (Å²) in [5.41, 5.74) is -0.748. The molecule has 1 N–H and O–H groups in total. The molecule has 1 unspecified atom stereocenters. The maximum absolute atomic E-state index is 12.3. The molecule has 2 aliphatic rings. The van der Waals surface area contributed by atoms with Crippen LogP contribution in [-0.2, 0) is 9.59 Å². The molecule has 4 heteroatoms. The third-order valence-corrected chi connectivity index (χ3v) is 4.50. The van der Waals surface area contributed by atoms with Gasteiger partial charge in [-0.05, 0) is 25.2 Å². The second-order valence-electron chi connectivity index (χ2n) is 5.77. The quantitative estimate of drug-likeness (QED) is 0.779. The first-order chi connectivity index (χ1) is 8.47. The molecule has 100 valence electrons. The van der Waals surface area contributed by atoms with Crippen molar-refractivity contribution in [2.24, 2.45) is 17.3 Å². The van der Waals surface area contributed by atoms with Gasteiger partial charge in [0.05, 0.1) is 5.41 Å². The van der Waals surface area contributed by atoms with Crippen LogP contribution in [-0.4, -0.2) is 35.0 Å². The molecule has 1 aliphatic carbocycles. The zero-order chi connectivity index (χ0) is 13.3. The average molecular weight is 251 g/mol. The second-order valence-corrected chi connectivity index (χ2v) is 5.77. The van der Waals surface area contributed by atoms with Gasteiger partial charge >= 0.3 is 5.97 Å². The third-order valence-electron chi connectivity index (χ3n) is 4.50. The van der Waals surface area contributed by atoms with Crippen molar-refractivity contribution in [3.05, 3.63) is 12.2 Å². The summed E-state index contributed by atoms with van der Waals surface area (Å²) in [6.45, 7) is 4.81. The summed E-state index contributed by atoms with van der Waals surface area (Å²) in [4.78, 5) is 25.5. The molecular weight excluding hydrogens is 230 g/mol. The van der Waals surface area contributed by atoms with E-state index in [-0.39, 0.29) is 17.7 Å². The fraction of sp³-hybridized carbons (Fsp3) is 0.714. The van der Waals surface area contributed by atoms with Crippen molar-refractivity contribution in [3.63, 3.8) is 0 Å². The molecule has 1 atom stereocenters. The molecule has 1 heterocycles. The highest BCUT2D eigenvalue weighted by Crippen LogP contribution is 2.39. The molecule has 0 aromatic heterocycles. The number of hydrogen-bond acceptors (Lipinski definition) is 2. The van der Waals surface area contributed by atoms with Gasteiger partial charge in [0.25, 0.3) is 0 Å². The molecule has 0 aromatic rings. The fourth-order valence-corrected chi connectivity index (χ4v) is 2.99. The largest absolute Gasteiger partial charge is 0.481 e. The first kappa shape index (κ1) is 13.1. The van der Waals surface area contributed by atoms with Crippen molar-refractivity contribution in [1.29, 1.82) is 0 Å². The van der Waals surface area contributed by atoms with Crippen molar-refractivity contribution >= 4 is 11.9 Å². The summed E-state index contributed by atoms with van der Waals surface area (Å²) in [5.74, 6) is -0.544. The Morgan fingerprint density at radius 1 is 1.33 bits per heavy atom. The number of amides is 1. The Morgan fingerprint density at radius 3 is 2.39 bits per heavy atom. The maximum atomic E-state index is 12.3. The van der Waals surface area contributed by atoms with Gasteiger partial charge in [-0.15, -0.1) is 0 Å². The summed E-state index contributed by atoms with van der Waals surface area (Å²) in [7, 11) is 0. The number of rotatable bonds is 3. The molecule has 0 saturated carbocycles. The molecule has 1 aliphatic heterocycles. The van der Waals surface area contributed by atoms with Crippen molar-refractivity contribution in [3.8, 4) is 0 Å². The molecule has 18 heavy (non-hydrogen) atoms. The van der Waals surface area contributed by atoms with Crippen LogP contribution in [0.5, 0.6) is 0 Å². The van der Waals surface area contributed by atoms with Crippen molar-refractivity contribution in [1.82, 2.24) is 4.90 Å². The fourth-order valence-electron chi connectivity index (χ4n) is 2.99. The van der Waals surface area contributed by atoms with Crippen LogP contribution in [0.1, 0.15) is 33.1 Å². The lowest BCUT2D eigenvalue weighted by molar-refractivity contribution is -0.151. The Kier molecular flexibility index (Phi) is 3.46. The smallest absolute Gasteiger partial charge is 0.311 e. The number of carboxylic acid groups (broad SMARTS) is 1. The van der Waals surface area contributed by atoms with Gasteiger partial charge in [-0.3, -0.25) is 9.59 Å². The van der Waals surface area contributed by atoms with E-state index in [1.807, 2.05) is 26.0 Å². The van der Waals surface area contributed by atoms with E-state index < -0.39 is 11.4 Å². The van der Waals surface area contributed by atoms with E-state index in [2.05, 4.69) is 0 Å². The minimum absolute atomic E-state index is 0.0433. The number of nitrogens with zero attached hydrogens (tertiary/aromatic N) is 1. The predicted molar refractivity (Wildman–Crippen MR) is 68.0 cm³/mol. The molecular formula is C14H21NO3. The monoisotopic (exact) mass is 251 g/mol. The number of likely N-dealkylation sites (tertiary alicyclic amines) is 1. The van der Waals surface area contributed by atoms with Crippen LogP contribution in [0.4, 0.5) is 0 Å². The van der Waals surface area contributed by atoms with Gasteiger partial charge in [0, 0.05) is 19.0 Å². The van der Waals surface area contributed by atoms with E-state index >= 15 is 0 Å². The van der Waals surface area contributed by atoms with E-state index in [1.165, 1.54) is 0 Å². The third kappa shape index (κ3) is 2.04. The maximum Gasteiger partial charge on any atom is 0.311 e. The normalized spacial score (nSPS) is 28.3. The molecule has 4 nitrogen and oxygen atoms in total. The Morgan fingerprint density at radius 2 is 1.94 bits per heavy atom. The van der Waals surface area contributed by atoms with Crippen molar-refractivity contribution in [2.45, 2.75) is 33.1 Å². The van der Waals surface area contributed by atoms with Gasteiger partial charge in [0.1, 0.15) is 0 Å². The van der Waals surface area contributed by atoms with Gasteiger partial charge in [-0.25, -0.2) is 0 Å². The van der Waals surface area contributed by atoms with E-state index in [1.54, 1.807) is 4.90 Å². The van der Waals surface area contributed by atoms with Gasteiger partial charge in [-0.2, -0.15) is 0 Å². The number of carboxylic acids is 1. The van der Waals surface area contributed by atoms with Crippen molar-refractivity contribution in [2.75, 3.05) is 13.1 Å². The molecule has 2 rings (SSSR count). The molecule has 1 fully saturated rings. The lowest BCUT2D eigenvalue weighted by atomic mass is 9.76. The highest BCUT2D eigenvalue weighted by atomic mass is 16.4. The number of aliphatic carboxylic acids is 1. The number of carbonyl (C=O) groups excluding carboxylic acids is 1. The minimum atomic E-state index is -0.766. The van der Waals surface area contributed by atoms with Crippen LogP contribution >= 0.6 is 0 Å². The van der Waals surface area contributed by atoms with Crippen LogP contribution in [0.3, 0.4) is 0 Å². The zero-order valence-corrected chi connectivity index (χ0v) is 11.1. The summed E-state index contributed by atoms with van der Waals surface area (Å²) >= 11 is 0. The van der Waals surface area contributed by atoms with E-state index in [4.69, 9.17) is 0 Å². The SMILES string of the molecule is CC(C)C1(C(=O)O)CCN(C(=O)C2CC=CC2)C1. The Bertz CT molecular complexity index is 381. The Hall–Kier alpha value is -1.32. The lowest BCUT2D eigenvalue weighted by Gasteiger charge is -2.29. The number of carbonyl (C=O) groups is 2. The lowest BCUT2D eigenvalue weighted by Crippen LogP contribution is -2.41. The summed E-state index contributed by atoms with van der Waals surface area (Å²) < 4.78 is 0. The summed E-state index contributed by atoms with van der Waals surface area (Å²) in [6.07, 6.45) is 6.25. The molecule has 0 bridgehead atoms. The van der Waals surface area contributed by atoms with Gasteiger partial charge in [0.15, 0.2) is 0 Å². The molecule has 0 aromatic carbocycles. The average Bonchev–Trinajstić information content (AvgIpc) is 2.98. The zero-order valence-electron chi connectivity index (χ0n) is 11.1. The summed E-state index contributed by atoms with van der Waals surface area (Å²) in [6, 6.07) is 0. The number of hydrogen-bond donors (Lipinski definition) is 1. The van der Waals surface area contributed by atoms with E-state index in [0.717, 1.165) is 12.8 Å². The van der Waals surface area contributed by atoms with Gasteiger partial charge in [-0.1, -0.05) is 26.0 Å². The van der Waals surface area contributed by atoms with E-state index in [0.29, 0.717) is 19.5 Å². The minimum Gasteiger partial charge on any atom is -0.481 e. The topological polar surface area (TPSA) is 57.6 Å². The number of allylic oxidation sites excluding steroid dienone is 2. The first-order valence-corrected chi connectivity index (χ1v) is 6.64. The second kappa shape index (κ2) is 4.75. The van der Waals surface area contributed by atoms with Crippen LogP contribution in [0, 0.1) is 17.3 Å². The standard InChI is InChI=1S/C14H21NO3/c1-10(2)14(13(17)18)7-8-15(9-14)12(16)11-5-3-4-6-11/h3-4,10-11H,5-9H2,1-2H3,(H,17,18). The van der Waals surface area contributed by atoms with Crippen LogP contribution in [0.2, 0.25) is 0 Å². The highest BCUT2D eigenvalue weighted by molar-refractivity contribution is 5.82. The Balaban J connectivity index is 2.06. The van der Waals surface area contributed by atoms with Gasteiger partial charge < -0.3 is 10.0 Å². The highest BCUT2D eigenvalue weighted by Gasteiger charge is 2.49. The predicted octanol–water partition coefficient (Wildman–Crippen LogP) is 1.91. The van der Waals surface area contributed by atoms with Crippen LogP contribution in [0.25, 0.3) is 0 Å². The van der Waals surface area contributed by atoms with Crippen LogP contribution in [0.15, 0.2) is 12.2 Å². The van der Waals surface area contributed by atoms with Crippen LogP contribution < -0.4 is 0 Å². The molecule has 0 radical (unpaired) electrons. The van der Waals surface area contributed by atoms with Crippen molar-refractivity contribution < 1.29 is 14.7 Å². The first-order valence-electron chi connectivity index (χ1n) is 6.64. The Labute approximate surface area is 108 Å². The van der Waals surface area contributed by atoms with E-state index in [9.17, 15) is 14.7 Å². The molecule has 1 amide bonds.